The first-order valence-corrected chi connectivity index (χ1v) is 13.9. The summed E-state index contributed by atoms with van der Waals surface area (Å²) in [7, 11) is 0. The maximum absolute atomic E-state index is 12.6. The molecule has 11 nitrogen and oxygen atoms in total. The fourth-order valence-electron chi connectivity index (χ4n) is 5.15. The molecule has 0 unspecified atom stereocenters. The maximum atomic E-state index is 12.6. The zero-order valence-electron chi connectivity index (χ0n) is 24.5. The van der Waals surface area contributed by atoms with Crippen molar-refractivity contribution in [2.75, 3.05) is 6.61 Å². The number of carbonyl (C=O) groups excluding carboxylic acids is 4. The molecule has 0 radical (unpaired) electrons. The van der Waals surface area contributed by atoms with Gasteiger partial charge < -0.3 is 33.0 Å². The van der Waals surface area contributed by atoms with Crippen LogP contribution in [0.1, 0.15) is 45.0 Å². The van der Waals surface area contributed by atoms with Crippen LogP contribution in [0.5, 0.6) is 5.75 Å². The number of hydrogen-bond donors (Lipinski definition) is 0. The van der Waals surface area contributed by atoms with Crippen molar-refractivity contribution < 1.29 is 60.8 Å². The first-order chi connectivity index (χ1) is 21.1. The third-order valence-electron chi connectivity index (χ3n) is 6.68. The van der Waals surface area contributed by atoms with Crippen molar-refractivity contribution in [1.82, 2.24) is 4.57 Å². The van der Waals surface area contributed by atoms with Crippen molar-refractivity contribution in [2.45, 2.75) is 71.1 Å². The molecule has 5 atom stereocenters. The second-order valence-corrected chi connectivity index (χ2v) is 10.6. The monoisotopic (exact) mass is 655 g/mol. The van der Waals surface area contributed by atoms with Gasteiger partial charge in [-0.25, -0.2) is 0 Å². The van der Waals surface area contributed by atoms with Crippen LogP contribution in [0, 0.1) is 0 Å². The standard InChI is InChI=1S/C30H29ClF3NO10/c1-15(36)40-14-24-26(41-16(2)37)27(42-17(3)38)28(43-18(4)39)29(44-24)35-13-20(25-22(31)6-5-7-23(25)35)12-19-8-10-21(11-9-19)45-30(32,33)34/h5-11,13,24,26-29H,12,14H2,1-4H3/t24-,26-,27+,28-,29-/m1/s1. The summed E-state index contributed by atoms with van der Waals surface area (Å²) in [6.07, 6.45) is -9.51. The molecule has 0 aliphatic carbocycles. The molecule has 0 bridgehead atoms. The van der Waals surface area contributed by atoms with Gasteiger partial charge in [-0.15, -0.1) is 13.2 Å². The van der Waals surface area contributed by atoms with E-state index in [9.17, 15) is 32.3 Å². The Bertz CT molecular complexity index is 1570. The smallest absolute Gasteiger partial charge is 0.463 e. The predicted octanol–water partition coefficient (Wildman–Crippen LogP) is 5.04. The van der Waals surface area contributed by atoms with Gasteiger partial charge in [0, 0.05) is 39.3 Å². The van der Waals surface area contributed by atoms with Gasteiger partial charge in [-0.2, -0.15) is 0 Å². The van der Waals surface area contributed by atoms with Crippen LogP contribution >= 0.6 is 11.6 Å². The molecule has 0 saturated carbocycles. The van der Waals surface area contributed by atoms with Crippen molar-refractivity contribution in [3.05, 3.63) is 64.8 Å². The summed E-state index contributed by atoms with van der Waals surface area (Å²) in [4.78, 5) is 48.3. The van der Waals surface area contributed by atoms with E-state index in [1.165, 1.54) is 31.2 Å². The van der Waals surface area contributed by atoms with Crippen LogP contribution in [-0.2, 0) is 49.3 Å². The van der Waals surface area contributed by atoms with Crippen molar-refractivity contribution in [3.63, 3.8) is 0 Å². The van der Waals surface area contributed by atoms with Gasteiger partial charge in [0.15, 0.2) is 24.5 Å². The Kier molecular flexibility index (Phi) is 10.3. The third kappa shape index (κ3) is 8.45. The zero-order chi connectivity index (χ0) is 33.1. The van der Waals surface area contributed by atoms with E-state index in [-0.39, 0.29) is 12.2 Å². The summed E-state index contributed by atoms with van der Waals surface area (Å²) in [5.74, 6) is -3.35. The number of fused-ring (bicyclic) bond motifs is 1. The maximum Gasteiger partial charge on any atom is 0.573 e. The molecule has 4 rings (SSSR count). The molecule has 1 aromatic heterocycles. The van der Waals surface area contributed by atoms with Crippen molar-refractivity contribution >= 4 is 46.4 Å². The van der Waals surface area contributed by atoms with Gasteiger partial charge in [0.25, 0.3) is 0 Å². The number of esters is 4. The number of ether oxygens (including phenoxy) is 6. The Morgan fingerprint density at radius 1 is 0.844 bits per heavy atom. The van der Waals surface area contributed by atoms with Crippen LogP contribution in [0.3, 0.4) is 0 Å². The van der Waals surface area contributed by atoms with Crippen LogP contribution in [0.15, 0.2) is 48.7 Å². The molecule has 1 aliphatic rings. The molecular formula is C30H29ClF3NO10. The topological polar surface area (TPSA) is 129 Å². The number of aromatic nitrogens is 1. The highest BCUT2D eigenvalue weighted by Gasteiger charge is 2.53. The number of nitrogens with zero attached hydrogens (tertiary/aromatic N) is 1. The molecule has 2 heterocycles. The van der Waals surface area contributed by atoms with E-state index in [0.717, 1.165) is 20.8 Å². The molecule has 0 N–H and O–H groups in total. The van der Waals surface area contributed by atoms with Crippen LogP contribution < -0.4 is 4.74 Å². The van der Waals surface area contributed by atoms with Crippen LogP contribution in [-0.4, -0.2) is 65.8 Å². The fraction of sp³-hybridized carbons (Fsp3) is 0.400. The number of rotatable bonds is 9. The fourth-order valence-corrected chi connectivity index (χ4v) is 5.44. The van der Waals surface area contributed by atoms with E-state index >= 15 is 0 Å². The molecule has 242 valence electrons. The Labute approximate surface area is 260 Å². The molecule has 1 saturated heterocycles. The summed E-state index contributed by atoms with van der Waals surface area (Å²) in [6.45, 7) is 4.14. The molecule has 0 spiro atoms. The van der Waals surface area contributed by atoms with Crippen molar-refractivity contribution in [3.8, 4) is 5.75 Å². The summed E-state index contributed by atoms with van der Waals surface area (Å²) < 4.78 is 71.5. The summed E-state index contributed by atoms with van der Waals surface area (Å²) in [5.41, 5.74) is 1.73. The minimum atomic E-state index is -4.84. The first-order valence-electron chi connectivity index (χ1n) is 13.6. The number of hydrogen-bond acceptors (Lipinski definition) is 10. The van der Waals surface area contributed by atoms with Gasteiger partial charge in [-0.3, -0.25) is 19.2 Å². The molecule has 2 aromatic carbocycles. The number of alkyl halides is 3. The average molecular weight is 656 g/mol. The SMILES string of the molecule is CC(=O)OC[C@H]1O[C@@H](n2cc(Cc3ccc(OC(F)(F)F)cc3)c3c(Cl)cccc32)[C@H](OC(C)=O)[C@@H](OC(C)=O)[C@@H]1OC(C)=O. The highest BCUT2D eigenvalue weighted by Crippen LogP contribution is 2.39. The normalized spacial score (nSPS) is 21.6. The second-order valence-electron chi connectivity index (χ2n) is 10.2. The quantitative estimate of drug-likeness (QED) is 0.228. The van der Waals surface area contributed by atoms with Crippen LogP contribution in [0.2, 0.25) is 5.02 Å². The lowest BCUT2D eigenvalue weighted by molar-refractivity contribution is -0.274. The van der Waals surface area contributed by atoms with E-state index in [2.05, 4.69) is 4.74 Å². The van der Waals surface area contributed by atoms with Gasteiger partial charge in [0.1, 0.15) is 18.5 Å². The van der Waals surface area contributed by atoms with Crippen molar-refractivity contribution in [1.29, 1.82) is 0 Å². The Hall–Kier alpha value is -4.30. The summed E-state index contributed by atoms with van der Waals surface area (Å²) in [5, 5.41) is 0.895. The number of halogens is 4. The van der Waals surface area contributed by atoms with E-state index in [0.29, 0.717) is 27.1 Å². The van der Waals surface area contributed by atoms with Gasteiger partial charge in [0.2, 0.25) is 0 Å². The predicted molar refractivity (Wildman–Crippen MR) is 150 cm³/mol. The van der Waals surface area contributed by atoms with Gasteiger partial charge in [-0.05, 0) is 41.8 Å². The first kappa shape index (κ1) is 33.6. The lowest BCUT2D eigenvalue weighted by Crippen LogP contribution is -2.60. The molecule has 45 heavy (non-hydrogen) atoms. The molecule has 1 fully saturated rings. The lowest BCUT2D eigenvalue weighted by Gasteiger charge is -2.44. The summed E-state index contributed by atoms with van der Waals surface area (Å²) >= 11 is 6.62. The Morgan fingerprint density at radius 3 is 2.02 bits per heavy atom. The average Bonchev–Trinajstić information content (AvgIpc) is 3.28. The highest BCUT2D eigenvalue weighted by atomic mass is 35.5. The van der Waals surface area contributed by atoms with Gasteiger partial charge in [0.05, 0.1) is 10.5 Å². The molecule has 15 heteroatoms. The van der Waals surface area contributed by atoms with E-state index in [1.807, 2.05) is 0 Å². The van der Waals surface area contributed by atoms with Crippen molar-refractivity contribution in [2.24, 2.45) is 0 Å². The number of carbonyl (C=O) groups is 4. The summed E-state index contributed by atoms with van der Waals surface area (Å²) in [6, 6.07) is 10.3. The largest absolute Gasteiger partial charge is 0.573 e. The number of benzene rings is 2. The Morgan fingerprint density at radius 2 is 1.44 bits per heavy atom. The lowest BCUT2D eigenvalue weighted by atomic mass is 9.97. The van der Waals surface area contributed by atoms with Gasteiger partial charge in [-0.1, -0.05) is 29.8 Å². The third-order valence-corrected chi connectivity index (χ3v) is 6.99. The zero-order valence-corrected chi connectivity index (χ0v) is 25.2. The minimum Gasteiger partial charge on any atom is -0.463 e. The minimum absolute atomic E-state index is 0.199. The second kappa shape index (κ2) is 13.8. The van der Waals surface area contributed by atoms with E-state index in [4.69, 9.17) is 35.3 Å². The molecule has 1 aliphatic heterocycles. The molecule has 0 amide bonds. The van der Waals surface area contributed by atoms with E-state index in [1.54, 1.807) is 29.0 Å². The van der Waals surface area contributed by atoms with E-state index < -0.39 is 67.5 Å². The Balaban J connectivity index is 1.82. The van der Waals surface area contributed by atoms with Crippen LogP contribution in [0.25, 0.3) is 10.9 Å². The molecule has 3 aromatic rings. The highest BCUT2D eigenvalue weighted by molar-refractivity contribution is 6.35. The van der Waals surface area contributed by atoms with Gasteiger partial charge >= 0.3 is 30.2 Å². The molecular weight excluding hydrogens is 627 g/mol. The van der Waals surface area contributed by atoms with Crippen LogP contribution in [0.4, 0.5) is 13.2 Å².